The molecule has 0 aliphatic heterocycles. The number of aliphatic hydroxyl groups is 1. The summed E-state index contributed by atoms with van der Waals surface area (Å²) in [5.74, 6) is -1.47. The fourth-order valence-corrected chi connectivity index (χ4v) is 3.72. The summed E-state index contributed by atoms with van der Waals surface area (Å²) < 4.78 is 95.4. The van der Waals surface area contributed by atoms with E-state index in [1.807, 2.05) is 0 Å². The minimum absolute atomic E-state index is 0.0751. The summed E-state index contributed by atoms with van der Waals surface area (Å²) in [6.45, 7) is 2.88. The zero-order valence-electron chi connectivity index (χ0n) is 18.9. The van der Waals surface area contributed by atoms with Gasteiger partial charge in [0.05, 0.1) is 16.8 Å². The molecule has 0 spiro atoms. The van der Waals surface area contributed by atoms with Crippen LogP contribution in [0.15, 0.2) is 72.9 Å². The van der Waals surface area contributed by atoms with Gasteiger partial charge in [0.25, 0.3) is 0 Å². The molecule has 36 heavy (non-hydrogen) atoms. The van der Waals surface area contributed by atoms with Gasteiger partial charge < -0.3 is 5.11 Å². The normalized spacial score (nSPS) is 12.7. The monoisotopic (exact) mass is 508 g/mol. The Balaban J connectivity index is 1.83. The predicted octanol–water partition coefficient (Wildman–Crippen LogP) is 7.61. The maximum absolute atomic E-state index is 13.7. The van der Waals surface area contributed by atoms with Crippen LogP contribution in [0.2, 0.25) is 0 Å². The third-order valence-corrected chi connectivity index (χ3v) is 5.56. The van der Waals surface area contributed by atoms with E-state index in [1.165, 1.54) is 73.1 Å². The van der Waals surface area contributed by atoms with Crippen LogP contribution in [0.5, 0.6) is 0 Å². The SMILES string of the molecule is CC(C)(O)c1cn(-c2ccc(-c3ccc(F)c(C(F)(F)F)c3)cc2)c(-c2ccccc2C(F)(F)F)n1. The first-order chi connectivity index (χ1) is 16.7. The van der Waals surface area contributed by atoms with Crippen molar-refractivity contribution >= 4 is 0 Å². The van der Waals surface area contributed by atoms with E-state index in [0.29, 0.717) is 17.3 Å². The van der Waals surface area contributed by atoms with Crippen molar-refractivity contribution in [1.82, 2.24) is 9.55 Å². The quantitative estimate of drug-likeness (QED) is 0.288. The molecule has 0 atom stereocenters. The first-order valence-electron chi connectivity index (χ1n) is 10.6. The molecule has 0 aliphatic carbocycles. The molecular formula is C26H19F7N2O. The second-order valence-corrected chi connectivity index (χ2v) is 8.66. The van der Waals surface area contributed by atoms with Gasteiger partial charge in [-0.1, -0.05) is 36.4 Å². The number of alkyl halides is 6. The molecule has 4 aromatic rings. The van der Waals surface area contributed by atoms with Gasteiger partial charge in [-0.15, -0.1) is 0 Å². The van der Waals surface area contributed by atoms with Gasteiger partial charge in [0.15, 0.2) is 0 Å². The van der Waals surface area contributed by atoms with Gasteiger partial charge in [-0.25, -0.2) is 9.37 Å². The van der Waals surface area contributed by atoms with Crippen LogP contribution in [0.25, 0.3) is 28.2 Å². The third-order valence-electron chi connectivity index (χ3n) is 5.56. The highest BCUT2D eigenvalue weighted by atomic mass is 19.4. The third kappa shape index (κ3) is 4.99. The summed E-state index contributed by atoms with van der Waals surface area (Å²) in [6, 6.07) is 13.4. The topological polar surface area (TPSA) is 38.0 Å². The van der Waals surface area contributed by atoms with Crippen LogP contribution >= 0.6 is 0 Å². The van der Waals surface area contributed by atoms with Crippen LogP contribution in [-0.2, 0) is 18.0 Å². The van der Waals surface area contributed by atoms with Crippen molar-refractivity contribution in [2.75, 3.05) is 0 Å². The Morgan fingerprint density at radius 1 is 0.750 bits per heavy atom. The number of hydrogen-bond donors (Lipinski definition) is 1. The number of hydrogen-bond acceptors (Lipinski definition) is 2. The molecule has 10 heteroatoms. The van der Waals surface area contributed by atoms with Crippen LogP contribution < -0.4 is 0 Å². The molecule has 1 heterocycles. The molecule has 188 valence electrons. The molecule has 0 saturated carbocycles. The van der Waals surface area contributed by atoms with E-state index < -0.39 is 34.9 Å². The van der Waals surface area contributed by atoms with Crippen molar-refractivity contribution < 1.29 is 35.8 Å². The molecule has 0 amide bonds. The molecule has 0 aliphatic rings. The lowest BCUT2D eigenvalue weighted by Crippen LogP contribution is -2.15. The fraction of sp³-hybridized carbons (Fsp3) is 0.192. The summed E-state index contributed by atoms with van der Waals surface area (Å²) in [4.78, 5) is 4.28. The van der Waals surface area contributed by atoms with Crippen LogP contribution in [-0.4, -0.2) is 14.7 Å². The summed E-state index contributed by atoms with van der Waals surface area (Å²) in [5.41, 5.74) is -3.07. The largest absolute Gasteiger partial charge is 0.419 e. The molecule has 0 saturated heterocycles. The van der Waals surface area contributed by atoms with Gasteiger partial charge in [0, 0.05) is 17.4 Å². The van der Waals surface area contributed by atoms with Crippen LogP contribution in [0.4, 0.5) is 30.7 Å². The minimum atomic E-state index is -4.87. The zero-order chi connectivity index (χ0) is 26.5. The molecule has 0 radical (unpaired) electrons. The van der Waals surface area contributed by atoms with E-state index >= 15 is 0 Å². The predicted molar refractivity (Wildman–Crippen MR) is 120 cm³/mol. The molecule has 1 aromatic heterocycles. The number of halogens is 7. The summed E-state index contributed by atoms with van der Waals surface area (Å²) in [5, 5.41) is 10.4. The maximum Gasteiger partial charge on any atom is 0.419 e. The number of benzene rings is 3. The van der Waals surface area contributed by atoms with Crippen molar-refractivity contribution in [3.8, 4) is 28.2 Å². The van der Waals surface area contributed by atoms with Crippen LogP contribution in [0.1, 0.15) is 30.7 Å². The number of aromatic nitrogens is 2. The van der Waals surface area contributed by atoms with Crippen molar-refractivity contribution in [1.29, 1.82) is 0 Å². The molecule has 3 aromatic carbocycles. The summed E-state index contributed by atoms with van der Waals surface area (Å²) in [6.07, 6.45) is -8.13. The molecule has 4 rings (SSSR count). The highest BCUT2D eigenvalue weighted by Crippen LogP contribution is 2.39. The van der Waals surface area contributed by atoms with Gasteiger partial charge in [0.2, 0.25) is 0 Å². The van der Waals surface area contributed by atoms with E-state index in [2.05, 4.69) is 4.98 Å². The molecule has 0 unspecified atom stereocenters. The summed E-state index contributed by atoms with van der Waals surface area (Å²) >= 11 is 0. The Labute approximate surface area is 201 Å². The van der Waals surface area contributed by atoms with Gasteiger partial charge in [0.1, 0.15) is 17.2 Å². The van der Waals surface area contributed by atoms with Crippen molar-refractivity contribution in [3.05, 3.63) is 95.6 Å². The Kier molecular flexibility index (Phi) is 6.20. The average Bonchev–Trinajstić information content (AvgIpc) is 3.24. The number of nitrogens with zero attached hydrogens (tertiary/aromatic N) is 2. The van der Waals surface area contributed by atoms with Gasteiger partial charge in [-0.2, -0.15) is 26.3 Å². The number of imidazole rings is 1. The van der Waals surface area contributed by atoms with E-state index in [4.69, 9.17) is 0 Å². The molecule has 1 N–H and O–H groups in total. The van der Waals surface area contributed by atoms with Gasteiger partial charge >= 0.3 is 12.4 Å². The lowest BCUT2D eigenvalue weighted by molar-refractivity contribution is -0.140. The summed E-state index contributed by atoms with van der Waals surface area (Å²) in [7, 11) is 0. The Morgan fingerprint density at radius 2 is 1.33 bits per heavy atom. The van der Waals surface area contributed by atoms with E-state index in [9.17, 15) is 35.8 Å². The van der Waals surface area contributed by atoms with Gasteiger partial charge in [-0.05, 0) is 55.3 Å². The highest BCUT2D eigenvalue weighted by Gasteiger charge is 2.36. The second-order valence-electron chi connectivity index (χ2n) is 8.66. The standard InChI is InChI=1S/C26H19F7N2O/c1-24(2,36)22-14-35(23(34-22)18-5-3-4-6-19(18)25(28,29)30)17-10-7-15(8-11-17)16-9-12-21(27)20(13-16)26(31,32)33/h3-14,36H,1-2H3. The van der Waals surface area contributed by atoms with Crippen molar-refractivity contribution in [3.63, 3.8) is 0 Å². The smallest absolute Gasteiger partial charge is 0.384 e. The fourth-order valence-electron chi connectivity index (χ4n) is 3.72. The van der Waals surface area contributed by atoms with Crippen LogP contribution in [0, 0.1) is 5.82 Å². The Hall–Kier alpha value is -3.66. The zero-order valence-corrected chi connectivity index (χ0v) is 18.9. The Bertz CT molecular complexity index is 1400. The molecule has 0 bridgehead atoms. The molecular weight excluding hydrogens is 489 g/mol. The van der Waals surface area contributed by atoms with Crippen molar-refractivity contribution in [2.45, 2.75) is 31.8 Å². The van der Waals surface area contributed by atoms with Gasteiger partial charge in [-0.3, -0.25) is 4.57 Å². The lowest BCUT2D eigenvalue weighted by Gasteiger charge is -2.14. The number of rotatable bonds is 4. The van der Waals surface area contributed by atoms with Crippen molar-refractivity contribution in [2.24, 2.45) is 0 Å². The second kappa shape index (κ2) is 8.77. The van der Waals surface area contributed by atoms with E-state index in [0.717, 1.165) is 12.1 Å². The van der Waals surface area contributed by atoms with E-state index in [1.54, 1.807) is 0 Å². The molecule has 0 fully saturated rings. The first-order valence-corrected chi connectivity index (χ1v) is 10.6. The Morgan fingerprint density at radius 3 is 1.92 bits per heavy atom. The maximum atomic E-state index is 13.7. The average molecular weight is 508 g/mol. The highest BCUT2D eigenvalue weighted by molar-refractivity contribution is 5.68. The lowest BCUT2D eigenvalue weighted by atomic mass is 10.0. The first kappa shape index (κ1) is 25.4. The molecule has 3 nitrogen and oxygen atoms in total. The van der Waals surface area contributed by atoms with E-state index in [-0.39, 0.29) is 22.6 Å². The minimum Gasteiger partial charge on any atom is -0.384 e. The van der Waals surface area contributed by atoms with Crippen LogP contribution in [0.3, 0.4) is 0 Å².